The lowest BCUT2D eigenvalue weighted by molar-refractivity contribution is -0.357. The van der Waals surface area contributed by atoms with E-state index in [0.717, 1.165) is 25.7 Å². The fourth-order valence-corrected chi connectivity index (χ4v) is 4.74. The summed E-state index contributed by atoms with van der Waals surface area (Å²) in [5, 5.41) is 70.3. The topological polar surface area (TPSA) is 179 Å². The highest BCUT2D eigenvalue weighted by Gasteiger charge is 2.50. The van der Waals surface area contributed by atoms with Crippen molar-refractivity contribution < 1.29 is 54.7 Å². The fourth-order valence-electron chi connectivity index (χ4n) is 4.74. The molecule has 0 aromatic heterocycles. The largest absolute Gasteiger partial charge is 0.394 e. The van der Waals surface area contributed by atoms with E-state index in [1.807, 2.05) is 0 Å². The normalized spacial score (nSPS) is 37.3. The van der Waals surface area contributed by atoms with Crippen LogP contribution in [0.2, 0.25) is 0 Å². The van der Waals surface area contributed by atoms with Crippen LogP contribution in [-0.4, -0.2) is 117 Å². The molecule has 2 saturated heterocycles. The van der Waals surface area contributed by atoms with Crippen LogP contribution < -0.4 is 0 Å². The Hall–Kier alpha value is -0.440. The fraction of sp³-hybridized carbons (Fsp3) is 1.00. The molecule has 2 aliphatic rings. The maximum absolute atomic E-state index is 10.8. The number of ether oxygens (including phenoxy) is 4. The van der Waals surface area contributed by atoms with Crippen molar-refractivity contribution >= 4 is 0 Å². The van der Waals surface area contributed by atoms with Gasteiger partial charge in [0, 0.05) is 6.61 Å². The summed E-state index contributed by atoms with van der Waals surface area (Å²) in [7, 11) is 0. The molecule has 0 radical (unpaired) electrons. The van der Waals surface area contributed by atoms with E-state index < -0.39 is 74.6 Å². The van der Waals surface area contributed by atoms with Crippen LogP contribution in [0.3, 0.4) is 0 Å². The Bertz CT molecular complexity index is 566. The third-order valence-corrected chi connectivity index (χ3v) is 7.01. The molecular weight excluding hydrogens is 476 g/mol. The van der Waals surface area contributed by atoms with Crippen LogP contribution in [0, 0.1) is 0 Å². The first kappa shape index (κ1) is 31.8. The van der Waals surface area contributed by atoms with Crippen molar-refractivity contribution in [1.82, 2.24) is 0 Å². The van der Waals surface area contributed by atoms with E-state index in [9.17, 15) is 35.7 Å². The molecule has 2 heterocycles. The minimum atomic E-state index is -1.72. The van der Waals surface area contributed by atoms with Gasteiger partial charge in [0.2, 0.25) is 0 Å². The van der Waals surface area contributed by atoms with Gasteiger partial charge >= 0.3 is 0 Å². The van der Waals surface area contributed by atoms with Crippen LogP contribution in [0.25, 0.3) is 0 Å². The quantitative estimate of drug-likeness (QED) is 0.127. The molecule has 10 atom stereocenters. The Morgan fingerprint density at radius 1 is 0.583 bits per heavy atom. The Morgan fingerprint density at radius 3 is 1.69 bits per heavy atom. The molecule has 0 amide bonds. The van der Waals surface area contributed by atoms with E-state index >= 15 is 0 Å². The van der Waals surface area contributed by atoms with Crippen molar-refractivity contribution in [3.05, 3.63) is 0 Å². The summed E-state index contributed by atoms with van der Waals surface area (Å²) in [6.07, 6.45) is -1.17. The number of hydrogen-bond acceptors (Lipinski definition) is 11. The zero-order valence-corrected chi connectivity index (χ0v) is 21.4. The maximum atomic E-state index is 10.8. The van der Waals surface area contributed by atoms with E-state index in [0.29, 0.717) is 6.61 Å². The molecule has 36 heavy (non-hydrogen) atoms. The van der Waals surface area contributed by atoms with Gasteiger partial charge in [0.05, 0.1) is 13.2 Å². The maximum Gasteiger partial charge on any atom is 0.187 e. The average Bonchev–Trinajstić information content (AvgIpc) is 2.87. The molecule has 0 aromatic carbocycles. The highest BCUT2D eigenvalue weighted by molar-refractivity contribution is 4.94. The Kier molecular flexibility index (Phi) is 15.2. The van der Waals surface area contributed by atoms with Crippen LogP contribution >= 0.6 is 0 Å². The minimum absolute atomic E-state index is 0.292. The molecule has 214 valence electrons. The van der Waals surface area contributed by atoms with Gasteiger partial charge in [0.25, 0.3) is 0 Å². The van der Waals surface area contributed by atoms with Crippen molar-refractivity contribution in [2.75, 3.05) is 19.8 Å². The lowest BCUT2D eigenvalue weighted by atomic mass is 9.97. The molecule has 11 heteroatoms. The molecule has 11 nitrogen and oxygen atoms in total. The lowest BCUT2D eigenvalue weighted by Gasteiger charge is -2.46. The first-order valence-corrected chi connectivity index (χ1v) is 13.6. The first-order valence-electron chi connectivity index (χ1n) is 13.6. The van der Waals surface area contributed by atoms with Gasteiger partial charge in [-0.3, -0.25) is 0 Å². The van der Waals surface area contributed by atoms with Crippen LogP contribution in [0.4, 0.5) is 0 Å². The highest BCUT2D eigenvalue weighted by Crippen LogP contribution is 2.29. The van der Waals surface area contributed by atoms with Gasteiger partial charge in [-0.05, 0) is 6.42 Å². The Labute approximate surface area is 214 Å². The number of aliphatic hydroxyl groups excluding tert-OH is 7. The predicted octanol–water partition coefficient (Wildman–Crippen LogP) is -0.0619. The third-order valence-electron chi connectivity index (χ3n) is 7.01. The zero-order valence-electron chi connectivity index (χ0n) is 21.4. The highest BCUT2D eigenvalue weighted by atomic mass is 16.7. The molecule has 0 bridgehead atoms. The summed E-state index contributed by atoms with van der Waals surface area (Å²) in [5.41, 5.74) is 0. The van der Waals surface area contributed by atoms with Gasteiger partial charge < -0.3 is 54.7 Å². The molecule has 0 spiro atoms. The molecule has 0 unspecified atom stereocenters. The number of hydrogen-bond donors (Lipinski definition) is 7. The van der Waals surface area contributed by atoms with Gasteiger partial charge in [-0.2, -0.15) is 0 Å². The second kappa shape index (κ2) is 17.2. The van der Waals surface area contributed by atoms with Gasteiger partial charge in [-0.25, -0.2) is 0 Å². The Morgan fingerprint density at radius 2 is 1.14 bits per heavy atom. The van der Waals surface area contributed by atoms with Crippen molar-refractivity contribution in [3.8, 4) is 0 Å². The Balaban J connectivity index is 1.77. The molecule has 0 aromatic rings. The SMILES string of the molecule is CCCCCCCCCCCCCO[C@@H]1[C@@H](O)[C@@H](O[C@H]2[C@H](O)[C@@H](O)[C@H](O)O[C@@H]2CO)O[C@H](CO)[C@H]1O. The zero-order chi connectivity index (χ0) is 26.5. The molecular formula is C25H48O11. The van der Waals surface area contributed by atoms with E-state index in [1.165, 1.54) is 44.9 Å². The number of rotatable bonds is 17. The van der Waals surface area contributed by atoms with Crippen LogP contribution in [0.1, 0.15) is 77.6 Å². The summed E-state index contributed by atoms with van der Waals surface area (Å²) in [6, 6.07) is 0. The van der Waals surface area contributed by atoms with Crippen molar-refractivity contribution in [3.63, 3.8) is 0 Å². The van der Waals surface area contributed by atoms with Crippen molar-refractivity contribution in [2.45, 2.75) is 139 Å². The molecule has 2 rings (SSSR count). The summed E-state index contributed by atoms with van der Waals surface area (Å²) in [4.78, 5) is 0. The summed E-state index contributed by atoms with van der Waals surface area (Å²) >= 11 is 0. The molecule has 7 N–H and O–H groups in total. The summed E-state index contributed by atoms with van der Waals surface area (Å²) in [5.74, 6) is 0. The van der Waals surface area contributed by atoms with E-state index in [4.69, 9.17) is 18.9 Å². The first-order chi connectivity index (χ1) is 17.3. The lowest BCUT2D eigenvalue weighted by Crippen LogP contribution is -2.64. The average molecular weight is 525 g/mol. The smallest absolute Gasteiger partial charge is 0.187 e. The van der Waals surface area contributed by atoms with E-state index in [2.05, 4.69) is 6.92 Å². The van der Waals surface area contributed by atoms with Crippen LogP contribution in [-0.2, 0) is 18.9 Å². The summed E-state index contributed by atoms with van der Waals surface area (Å²) in [6.45, 7) is 1.30. The summed E-state index contributed by atoms with van der Waals surface area (Å²) < 4.78 is 21.9. The van der Waals surface area contributed by atoms with Crippen LogP contribution in [0.15, 0.2) is 0 Å². The van der Waals surface area contributed by atoms with Crippen molar-refractivity contribution in [1.29, 1.82) is 0 Å². The third kappa shape index (κ3) is 9.39. The molecule has 2 fully saturated rings. The van der Waals surface area contributed by atoms with Crippen molar-refractivity contribution in [2.24, 2.45) is 0 Å². The predicted molar refractivity (Wildman–Crippen MR) is 129 cm³/mol. The van der Waals surface area contributed by atoms with Gasteiger partial charge in [0.15, 0.2) is 12.6 Å². The second-order valence-electron chi connectivity index (χ2n) is 9.91. The second-order valence-corrected chi connectivity index (χ2v) is 9.91. The standard InChI is InChI=1S/C25H48O11/c1-2-3-4-5-6-7-8-9-10-11-12-13-33-23-18(28)16(14-26)35-25(21(23)31)36-22-17(15-27)34-24(32)20(30)19(22)29/h16-32H,2-15H2,1H3/t16-,17-,18-,19-,20-,21-,22-,23+,24-,25-/m1/s1. The van der Waals surface area contributed by atoms with Crippen LogP contribution in [0.5, 0.6) is 0 Å². The number of unbranched alkanes of at least 4 members (excludes halogenated alkanes) is 10. The van der Waals surface area contributed by atoms with E-state index in [-0.39, 0.29) is 0 Å². The van der Waals surface area contributed by atoms with E-state index in [1.54, 1.807) is 0 Å². The monoisotopic (exact) mass is 524 g/mol. The minimum Gasteiger partial charge on any atom is -0.394 e. The molecule has 2 aliphatic heterocycles. The number of aliphatic hydroxyl groups is 7. The molecule has 0 aliphatic carbocycles. The van der Waals surface area contributed by atoms with Gasteiger partial charge in [0.1, 0.15) is 48.8 Å². The molecule has 0 saturated carbocycles. The van der Waals surface area contributed by atoms with Gasteiger partial charge in [-0.15, -0.1) is 0 Å². The van der Waals surface area contributed by atoms with Gasteiger partial charge in [-0.1, -0.05) is 71.1 Å².